The van der Waals surface area contributed by atoms with Gasteiger partial charge in [-0.2, -0.15) is 0 Å². The number of sulfonamides is 1. The Morgan fingerprint density at radius 1 is 1.12 bits per heavy atom. The predicted octanol–water partition coefficient (Wildman–Crippen LogP) is 3.12. The molecule has 1 unspecified atom stereocenters. The SMILES string of the molecule is Cc1cc(S(=O)(=O)NCC(Cc2ccccc2)N2CCCC2)ccc1F. The van der Waals surface area contributed by atoms with E-state index in [1.165, 1.54) is 23.8 Å². The van der Waals surface area contributed by atoms with Crippen LogP contribution < -0.4 is 4.72 Å². The number of hydrogen-bond acceptors (Lipinski definition) is 3. The minimum absolute atomic E-state index is 0.108. The Morgan fingerprint density at radius 2 is 1.81 bits per heavy atom. The third-order valence-corrected chi connectivity index (χ3v) is 6.34. The molecule has 140 valence electrons. The number of aryl methyl sites for hydroxylation is 1. The largest absolute Gasteiger partial charge is 0.299 e. The Balaban J connectivity index is 1.72. The molecular formula is C20H25FN2O2S. The molecule has 1 heterocycles. The third kappa shape index (κ3) is 4.69. The molecule has 0 radical (unpaired) electrons. The van der Waals surface area contributed by atoms with Crippen molar-refractivity contribution in [1.82, 2.24) is 9.62 Å². The maximum Gasteiger partial charge on any atom is 0.240 e. The lowest BCUT2D eigenvalue weighted by molar-refractivity contribution is 0.241. The lowest BCUT2D eigenvalue weighted by Gasteiger charge is -2.28. The molecule has 2 aromatic rings. The van der Waals surface area contributed by atoms with Gasteiger partial charge in [-0.3, -0.25) is 4.90 Å². The Morgan fingerprint density at radius 3 is 2.46 bits per heavy atom. The maximum absolute atomic E-state index is 13.4. The zero-order chi connectivity index (χ0) is 18.6. The molecule has 0 amide bonds. The number of nitrogens with one attached hydrogen (secondary N) is 1. The molecule has 1 fully saturated rings. The van der Waals surface area contributed by atoms with Gasteiger partial charge in [-0.25, -0.2) is 17.5 Å². The molecule has 2 aromatic carbocycles. The van der Waals surface area contributed by atoms with Crippen LogP contribution >= 0.6 is 0 Å². The van der Waals surface area contributed by atoms with E-state index in [0.717, 1.165) is 32.4 Å². The van der Waals surface area contributed by atoms with Crippen molar-refractivity contribution < 1.29 is 12.8 Å². The second-order valence-corrected chi connectivity index (χ2v) is 8.62. The first-order valence-corrected chi connectivity index (χ1v) is 10.5. The summed E-state index contributed by atoms with van der Waals surface area (Å²) in [6.07, 6.45) is 3.09. The smallest absolute Gasteiger partial charge is 0.240 e. The molecule has 0 saturated carbocycles. The zero-order valence-corrected chi connectivity index (χ0v) is 15.8. The molecule has 3 rings (SSSR count). The average Bonchev–Trinajstić information content (AvgIpc) is 3.16. The summed E-state index contributed by atoms with van der Waals surface area (Å²) in [6, 6.07) is 14.1. The summed E-state index contributed by atoms with van der Waals surface area (Å²) in [4.78, 5) is 2.46. The van der Waals surface area contributed by atoms with E-state index in [1.54, 1.807) is 6.92 Å². The topological polar surface area (TPSA) is 49.4 Å². The van der Waals surface area contributed by atoms with Gasteiger partial charge in [0.15, 0.2) is 0 Å². The van der Waals surface area contributed by atoms with E-state index < -0.39 is 15.8 Å². The summed E-state index contributed by atoms with van der Waals surface area (Å²) in [5.74, 6) is -0.400. The normalized spacial score (nSPS) is 16.7. The second kappa shape index (κ2) is 8.29. The Kier molecular flexibility index (Phi) is 6.06. The summed E-state index contributed by atoms with van der Waals surface area (Å²) < 4.78 is 41.4. The molecule has 4 nitrogen and oxygen atoms in total. The Labute approximate surface area is 155 Å². The highest BCUT2D eigenvalue weighted by molar-refractivity contribution is 7.89. The molecule has 1 aliphatic rings. The summed E-state index contributed by atoms with van der Waals surface area (Å²) in [6.45, 7) is 3.90. The molecule has 6 heteroatoms. The van der Waals surface area contributed by atoms with Crippen LogP contribution in [-0.4, -0.2) is 39.0 Å². The van der Waals surface area contributed by atoms with Crippen molar-refractivity contribution in [2.75, 3.05) is 19.6 Å². The molecule has 26 heavy (non-hydrogen) atoms. The lowest BCUT2D eigenvalue weighted by atomic mass is 10.1. The van der Waals surface area contributed by atoms with Crippen LogP contribution in [0.5, 0.6) is 0 Å². The van der Waals surface area contributed by atoms with Gasteiger partial charge in [-0.05, 0) is 68.6 Å². The lowest BCUT2D eigenvalue weighted by Crippen LogP contribution is -2.43. The van der Waals surface area contributed by atoms with Gasteiger partial charge in [0.05, 0.1) is 4.90 Å². The maximum atomic E-state index is 13.4. The van der Waals surface area contributed by atoms with Crippen LogP contribution in [0.4, 0.5) is 4.39 Å². The van der Waals surface area contributed by atoms with Crippen LogP contribution in [0, 0.1) is 12.7 Å². The average molecular weight is 376 g/mol. The van der Waals surface area contributed by atoms with E-state index in [0.29, 0.717) is 12.1 Å². The quantitative estimate of drug-likeness (QED) is 0.808. The fourth-order valence-corrected chi connectivity index (χ4v) is 4.55. The van der Waals surface area contributed by atoms with Crippen molar-refractivity contribution in [1.29, 1.82) is 0 Å². The fourth-order valence-electron chi connectivity index (χ4n) is 3.40. The monoisotopic (exact) mass is 376 g/mol. The second-order valence-electron chi connectivity index (χ2n) is 6.85. The van der Waals surface area contributed by atoms with Crippen LogP contribution in [0.1, 0.15) is 24.0 Å². The standard InChI is InChI=1S/C20H25FN2O2S/c1-16-13-19(9-10-20(16)21)26(24,25)22-15-18(23-11-5-6-12-23)14-17-7-3-2-4-8-17/h2-4,7-10,13,18,22H,5-6,11-12,14-15H2,1H3. The highest BCUT2D eigenvalue weighted by Gasteiger charge is 2.24. The molecule has 0 spiro atoms. The molecule has 1 aliphatic heterocycles. The van der Waals surface area contributed by atoms with Gasteiger partial charge in [0.2, 0.25) is 10.0 Å². The number of rotatable bonds is 7. The minimum Gasteiger partial charge on any atom is -0.299 e. The molecular weight excluding hydrogens is 351 g/mol. The van der Waals surface area contributed by atoms with Crippen molar-refractivity contribution in [3.8, 4) is 0 Å². The van der Waals surface area contributed by atoms with Gasteiger partial charge in [-0.1, -0.05) is 30.3 Å². The molecule has 1 saturated heterocycles. The fraction of sp³-hybridized carbons (Fsp3) is 0.400. The molecule has 1 N–H and O–H groups in total. The van der Waals surface area contributed by atoms with Crippen molar-refractivity contribution >= 4 is 10.0 Å². The summed E-state index contributed by atoms with van der Waals surface area (Å²) in [5.41, 5.74) is 1.52. The van der Waals surface area contributed by atoms with Crippen molar-refractivity contribution in [2.24, 2.45) is 0 Å². The van der Waals surface area contributed by atoms with Gasteiger partial charge in [0, 0.05) is 12.6 Å². The molecule has 0 aromatic heterocycles. The van der Waals surface area contributed by atoms with Gasteiger partial charge >= 0.3 is 0 Å². The van der Waals surface area contributed by atoms with E-state index in [9.17, 15) is 12.8 Å². The van der Waals surface area contributed by atoms with Crippen LogP contribution in [0.25, 0.3) is 0 Å². The van der Waals surface area contributed by atoms with Gasteiger partial charge in [0.25, 0.3) is 0 Å². The number of nitrogens with zero attached hydrogens (tertiary/aromatic N) is 1. The van der Waals surface area contributed by atoms with Crippen LogP contribution in [-0.2, 0) is 16.4 Å². The minimum atomic E-state index is -3.66. The highest BCUT2D eigenvalue weighted by Crippen LogP contribution is 2.18. The third-order valence-electron chi connectivity index (χ3n) is 4.92. The van der Waals surface area contributed by atoms with Gasteiger partial charge in [0.1, 0.15) is 5.82 Å². The number of halogens is 1. The van der Waals surface area contributed by atoms with E-state index in [4.69, 9.17) is 0 Å². The Hall–Kier alpha value is -1.76. The first-order chi connectivity index (χ1) is 12.5. The van der Waals surface area contributed by atoms with E-state index in [1.807, 2.05) is 18.2 Å². The number of likely N-dealkylation sites (tertiary alicyclic amines) is 1. The van der Waals surface area contributed by atoms with Crippen LogP contribution in [0.2, 0.25) is 0 Å². The predicted molar refractivity (Wildman–Crippen MR) is 101 cm³/mol. The van der Waals surface area contributed by atoms with Gasteiger partial charge in [-0.15, -0.1) is 0 Å². The highest BCUT2D eigenvalue weighted by atomic mass is 32.2. The molecule has 0 bridgehead atoms. The van der Waals surface area contributed by atoms with Gasteiger partial charge < -0.3 is 0 Å². The van der Waals surface area contributed by atoms with E-state index in [2.05, 4.69) is 21.8 Å². The van der Waals surface area contributed by atoms with Crippen molar-refractivity contribution in [2.45, 2.75) is 37.1 Å². The van der Waals surface area contributed by atoms with Crippen molar-refractivity contribution in [3.63, 3.8) is 0 Å². The zero-order valence-electron chi connectivity index (χ0n) is 15.0. The molecule has 1 atom stereocenters. The van der Waals surface area contributed by atoms with Crippen LogP contribution in [0.3, 0.4) is 0 Å². The molecule has 0 aliphatic carbocycles. The van der Waals surface area contributed by atoms with E-state index >= 15 is 0 Å². The van der Waals surface area contributed by atoms with E-state index in [-0.39, 0.29) is 10.9 Å². The van der Waals surface area contributed by atoms with Crippen LogP contribution in [0.15, 0.2) is 53.4 Å². The summed E-state index contributed by atoms with van der Waals surface area (Å²) in [5, 5.41) is 0. The number of hydrogen-bond donors (Lipinski definition) is 1. The summed E-state index contributed by atoms with van der Waals surface area (Å²) >= 11 is 0. The Bertz CT molecular complexity index is 834. The first-order valence-electron chi connectivity index (χ1n) is 8.99. The van der Waals surface area contributed by atoms with Crippen molar-refractivity contribution in [3.05, 3.63) is 65.5 Å². The summed E-state index contributed by atoms with van der Waals surface area (Å²) in [7, 11) is -3.66. The number of benzene rings is 2. The first kappa shape index (κ1) is 19.0.